The van der Waals surface area contributed by atoms with E-state index in [1.54, 1.807) is 0 Å². The Balaban J connectivity index is 2.12. The van der Waals surface area contributed by atoms with Crippen LogP contribution < -0.4 is 5.73 Å². The molecular weight excluding hydrogens is 226 g/mol. The second kappa shape index (κ2) is 4.28. The van der Waals surface area contributed by atoms with Gasteiger partial charge >= 0.3 is 0 Å². The summed E-state index contributed by atoms with van der Waals surface area (Å²) < 4.78 is 2.18. The summed E-state index contributed by atoms with van der Waals surface area (Å²) in [5, 5.41) is 9.50. The summed E-state index contributed by atoms with van der Waals surface area (Å²) in [4.78, 5) is 4.49. The van der Waals surface area contributed by atoms with Gasteiger partial charge in [-0.2, -0.15) is 0 Å². The van der Waals surface area contributed by atoms with Gasteiger partial charge in [0, 0.05) is 11.7 Å². The minimum absolute atomic E-state index is 0.0222. The molecule has 96 valence electrons. The molecule has 1 atom stereocenters. The summed E-state index contributed by atoms with van der Waals surface area (Å²) in [6.45, 7) is 2.20. The molecule has 0 amide bonds. The van der Waals surface area contributed by atoms with Crippen molar-refractivity contribution >= 4 is 16.7 Å². The summed E-state index contributed by atoms with van der Waals surface area (Å²) in [5.74, 6) is 1.46. The minimum atomic E-state index is -0.0222. The number of hydrogen-bond acceptors (Lipinski definition) is 3. The lowest BCUT2D eigenvalue weighted by molar-refractivity contribution is 0.207. The standard InChI is InChI=1S/C14H19N3O/c1-9(10-3-2-4-10)17-13-6-5-11(15)7-12(13)16-14(17)8-18/h5-7,9-10,18H,2-4,8,15H2,1H3. The summed E-state index contributed by atoms with van der Waals surface area (Å²) in [7, 11) is 0. The van der Waals surface area contributed by atoms with Gasteiger partial charge in [-0.05, 0) is 43.9 Å². The van der Waals surface area contributed by atoms with Crippen LogP contribution in [0, 0.1) is 5.92 Å². The molecule has 4 nitrogen and oxygen atoms in total. The fourth-order valence-corrected chi connectivity index (χ4v) is 2.86. The highest BCUT2D eigenvalue weighted by molar-refractivity contribution is 5.79. The first-order valence-corrected chi connectivity index (χ1v) is 6.58. The fourth-order valence-electron chi connectivity index (χ4n) is 2.86. The topological polar surface area (TPSA) is 64.1 Å². The Kier molecular flexibility index (Phi) is 2.74. The van der Waals surface area contributed by atoms with Crippen LogP contribution in [0.3, 0.4) is 0 Å². The van der Waals surface area contributed by atoms with Gasteiger partial charge in [0.25, 0.3) is 0 Å². The Morgan fingerprint density at radius 2 is 2.28 bits per heavy atom. The lowest BCUT2D eigenvalue weighted by atomic mass is 9.80. The van der Waals surface area contributed by atoms with Gasteiger partial charge < -0.3 is 15.4 Å². The van der Waals surface area contributed by atoms with E-state index in [1.807, 2.05) is 18.2 Å². The zero-order chi connectivity index (χ0) is 12.7. The third-order valence-electron chi connectivity index (χ3n) is 4.17. The smallest absolute Gasteiger partial charge is 0.135 e. The molecule has 1 unspecified atom stereocenters. The van der Waals surface area contributed by atoms with E-state index in [-0.39, 0.29) is 6.61 Å². The van der Waals surface area contributed by atoms with Gasteiger partial charge in [-0.3, -0.25) is 0 Å². The number of nitrogens with zero attached hydrogens (tertiary/aromatic N) is 2. The predicted molar refractivity (Wildman–Crippen MR) is 72.1 cm³/mol. The highest BCUT2D eigenvalue weighted by atomic mass is 16.3. The maximum absolute atomic E-state index is 9.50. The number of aromatic nitrogens is 2. The molecule has 1 aromatic heterocycles. The molecule has 3 rings (SSSR count). The average Bonchev–Trinajstić information content (AvgIpc) is 2.63. The monoisotopic (exact) mass is 245 g/mol. The van der Waals surface area contributed by atoms with Crippen molar-refractivity contribution in [3.05, 3.63) is 24.0 Å². The van der Waals surface area contributed by atoms with Crippen LogP contribution in [-0.2, 0) is 6.61 Å². The number of nitrogen functional groups attached to an aromatic ring is 1. The zero-order valence-corrected chi connectivity index (χ0v) is 10.6. The van der Waals surface area contributed by atoms with Gasteiger partial charge in [0.05, 0.1) is 11.0 Å². The van der Waals surface area contributed by atoms with Crippen molar-refractivity contribution in [1.82, 2.24) is 9.55 Å². The largest absolute Gasteiger partial charge is 0.399 e. The van der Waals surface area contributed by atoms with Crippen LogP contribution in [0.15, 0.2) is 18.2 Å². The Labute approximate surface area is 106 Å². The number of benzene rings is 1. The third-order valence-corrected chi connectivity index (χ3v) is 4.17. The average molecular weight is 245 g/mol. The van der Waals surface area contributed by atoms with Crippen molar-refractivity contribution in [1.29, 1.82) is 0 Å². The maximum Gasteiger partial charge on any atom is 0.135 e. The number of aliphatic hydroxyl groups is 1. The number of nitrogens with two attached hydrogens (primary N) is 1. The van der Waals surface area contributed by atoms with Crippen LogP contribution in [0.1, 0.15) is 38.1 Å². The van der Waals surface area contributed by atoms with E-state index >= 15 is 0 Å². The SMILES string of the molecule is CC(C1CCC1)n1c(CO)nc2cc(N)ccc21. The molecule has 1 saturated carbocycles. The molecule has 18 heavy (non-hydrogen) atoms. The fraction of sp³-hybridized carbons (Fsp3) is 0.500. The highest BCUT2D eigenvalue weighted by Gasteiger charge is 2.27. The number of hydrogen-bond donors (Lipinski definition) is 2. The van der Waals surface area contributed by atoms with E-state index in [9.17, 15) is 5.11 Å². The van der Waals surface area contributed by atoms with E-state index in [2.05, 4.69) is 16.5 Å². The first kappa shape index (κ1) is 11.5. The number of aliphatic hydroxyl groups excluding tert-OH is 1. The van der Waals surface area contributed by atoms with Gasteiger partial charge in [0.1, 0.15) is 12.4 Å². The van der Waals surface area contributed by atoms with Crippen molar-refractivity contribution < 1.29 is 5.11 Å². The van der Waals surface area contributed by atoms with Crippen LogP contribution in [-0.4, -0.2) is 14.7 Å². The van der Waals surface area contributed by atoms with Crippen LogP contribution in [0.25, 0.3) is 11.0 Å². The summed E-state index contributed by atoms with van der Waals surface area (Å²) in [6.07, 6.45) is 3.88. The molecule has 0 bridgehead atoms. The first-order valence-electron chi connectivity index (χ1n) is 6.58. The molecular formula is C14H19N3O. The van der Waals surface area contributed by atoms with Crippen molar-refractivity contribution in [2.75, 3.05) is 5.73 Å². The lowest BCUT2D eigenvalue weighted by Gasteiger charge is -2.33. The van der Waals surface area contributed by atoms with E-state index in [1.165, 1.54) is 19.3 Å². The molecule has 0 radical (unpaired) electrons. The highest BCUT2D eigenvalue weighted by Crippen LogP contribution is 2.38. The Morgan fingerprint density at radius 1 is 1.50 bits per heavy atom. The molecule has 3 N–H and O–H groups in total. The predicted octanol–water partition coefficient (Wildman–Crippen LogP) is 2.47. The molecule has 0 saturated heterocycles. The minimum Gasteiger partial charge on any atom is -0.399 e. The van der Waals surface area contributed by atoms with Gasteiger partial charge in [-0.1, -0.05) is 6.42 Å². The number of anilines is 1. The van der Waals surface area contributed by atoms with Crippen LogP contribution in [0.4, 0.5) is 5.69 Å². The van der Waals surface area contributed by atoms with E-state index < -0.39 is 0 Å². The normalized spacial score (nSPS) is 17.9. The Bertz CT molecular complexity index is 572. The molecule has 1 fully saturated rings. The molecule has 4 heteroatoms. The van der Waals surface area contributed by atoms with Crippen LogP contribution in [0.5, 0.6) is 0 Å². The molecule has 0 spiro atoms. The van der Waals surface area contributed by atoms with E-state index in [4.69, 9.17) is 5.73 Å². The van der Waals surface area contributed by atoms with E-state index in [0.717, 1.165) is 16.9 Å². The van der Waals surface area contributed by atoms with Gasteiger partial charge in [0.15, 0.2) is 0 Å². The molecule has 0 aliphatic heterocycles. The molecule has 1 heterocycles. The van der Waals surface area contributed by atoms with E-state index in [0.29, 0.717) is 17.6 Å². The third kappa shape index (κ3) is 1.68. The van der Waals surface area contributed by atoms with Gasteiger partial charge in [-0.25, -0.2) is 4.98 Å². The van der Waals surface area contributed by atoms with Crippen LogP contribution >= 0.6 is 0 Å². The Hall–Kier alpha value is -1.55. The molecule has 2 aromatic rings. The lowest BCUT2D eigenvalue weighted by Crippen LogP contribution is -2.24. The van der Waals surface area contributed by atoms with Gasteiger partial charge in [0.2, 0.25) is 0 Å². The summed E-state index contributed by atoms with van der Waals surface area (Å²) in [5.41, 5.74) is 8.46. The quantitative estimate of drug-likeness (QED) is 0.816. The second-order valence-corrected chi connectivity index (χ2v) is 5.24. The van der Waals surface area contributed by atoms with Crippen molar-refractivity contribution in [2.45, 2.75) is 38.8 Å². The van der Waals surface area contributed by atoms with Crippen LogP contribution in [0.2, 0.25) is 0 Å². The molecule has 1 aromatic carbocycles. The maximum atomic E-state index is 9.50. The zero-order valence-electron chi connectivity index (χ0n) is 10.6. The molecule has 1 aliphatic rings. The van der Waals surface area contributed by atoms with Crippen molar-refractivity contribution in [3.8, 4) is 0 Å². The molecule has 1 aliphatic carbocycles. The number of fused-ring (bicyclic) bond motifs is 1. The van der Waals surface area contributed by atoms with Crippen molar-refractivity contribution in [3.63, 3.8) is 0 Å². The first-order chi connectivity index (χ1) is 8.70. The van der Waals surface area contributed by atoms with Gasteiger partial charge in [-0.15, -0.1) is 0 Å². The Morgan fingerprint density at radius 3 is 2.89 bits per heavy atom. The van der Waals surface area contributed by atoms with Crippen molar-refractivity contribution in [2.24, 2.45) is 5.92 Å². The number of rotatable bonds is 3. The second-order valence-electron chi connectivity index (χ2n) is 5.24. The number of imidazole rings is 1. The summed E-state index contributed by atoms with van der Waals surface area (Å²) in [6, 6.07) is 6.18. The summed E-state index contributed by atoms with van der Waals surface area (Å²) >= 11 is 0.